The van der Waals surface area contributed by atoms with Crippen LogP contribution in [0, 0.1) is 5.92 Å². The van der Waals surface area contributed by atoms with Crippen LogP contribution in [0.15, 0.2) is 34.9 Å². The van der Waals surface area contributed by atoms with Crippen molar-refractivity contribution in [3.8, 4) is 11.3 Å². The highest BCUT2D eigenvalue weighted by Crippen LogP contribution is 2.24. The molecule has 3 heteroatoms. The minimum Gasteiger partial charge on any atom is -0.439 e. The van der Waals surface area contributed by atoms with E-state index in [4.69, 9.17) is 4.42 Å². The molecule has 0 aliphatic rings. The molecule has 19 heavy (non-hydrogen) atoms. The lowest BCUT2D eigenvalue weighted by molar-refractivity contribution is 0.459. The van der Waals surface area contributed by atoms with Gasteiger partial charge in [0.2, 0.25) is 5.89 Å². The Morgan fingerprint density at radius 1 is 1.26 bits per heavy atom. The lowest BCUT2D eigenvalue weighted by atomic mass is 10.0. The molecule has 0 saturated carbocycles. The van der Waals surface area contributed by atoms with Crippen molar-refractivity contribution in [2.75, 3.05) is 6.54 Å². The van der Waals surface area contributed by atoms with Gasteiger partial charge in [0.25, 0.3) is 0 Å². The number of benzene rings is 1. The van der Waals surface area contributed by atoms with E-state index >= 15 is 0 Å². The Morgan fingerprint density at radius 3 is 2.79 bits per heavy atom. The van der Waals surface area contributed by atoms with Crippen molar-refractivity contribution in [2.45, 2.75) is 33.7 Å². The molecule has 0 amide bonds. The van der Waals surface area contributed by atoms with Gasteiger partial charge in [-0.15, -0.1) is 0 Å². The number of aromatic nitrogens is 1. The maximum absolute atomic E-state index is 5.82. The zero-order valence-corrected chi connectivity index (χ0v) is 11.9. The first kappa shape index (κ1) is 13.8. The zero-order valence-electron chi connectivity index (χ0n) is 11.9. The summed E-state index contributed by atoms with van der Waals surface area (Å²) in [4.78, 5) is 4.34. The summed E-state index contributed by atoms with van der Waals surface area (Å²) in [6, 6.07) is 8.32. The Labute approximate surface area is 115 Å². The maximum Gasteiger partial charge on any atom is 0.208 e. The minimum absolute atomic E-state index is 0.634. The quantitative estimate of drug-likeness (QED) is 0.859. The van der Waals surface area contributed by atoms with E-state index in [1.165, 1.54) is 5.56 Å². The summed E-state index contributed by atoms with van der Waals surface area (Å²) < 4.78 is 5.82. The number of hydrogen-bond donors (Lipinski definition) is 1. The van der Waals surface area contributed by atoms with Crippen LogP contribution in [0.4, 0.5) is 0 Å². The second kappa shape index (κ2) is 6.53. The highest BCUT2D eigenvalue weighted by molar-refractivity contribution is 5.61. The molecule has 0 saturated heterocycles. The number of oxazole rings is 1. The predicted molar refractivity (Wildman–Crippen MR) is 77.9 cm³/mol. The molecule has 0 bridgehead atoms. The lowest BCUT2D eigenvalue weighted by Gasteiger charge is -2.05. The highest BCUT2D eigenvalue weighted by atomic mass is 16.4. The molecule has 0 aliphatic carbocycles. The standard InChI is InChI=1S/C16H22N2O/c1-4-13-7-5-6-8-14(13)15-10-18-16(19-15)11-17-9-12(2)3/h5-8,10,12,17H,4,9,11H2,1-3H3. The van der Waals surface area contributed by atoms with Gasteiger partial charge in [0.15, 0.2) is 5.76 Å². The number of nitrogens with one attached hydrogen (secondary N) is 1. The van der Waals surface area contributed by atoms with Gasteiger partial charge in [0.1, 0.15) is 0 Å². The SMILES string of the molecule is CCc1ccccc1-c1cnc(CNCC(C)C)o1. The molecule has 2 rings (SSSR count). The fraction of sp³-hybridized carbons (Fsp3) is 0.438. The maximum atomic E-state index is 5.82. The average Bonchev–Trinajstić information content (AvgIpc) is 2.87. The summed E-state index contributed by atoms with van der Waals surface area (Å²) in [5.74, 6) is 2.25. The third-order valence-electron chi connectivity index (χ3n) is 3.05. The van der Waals surface area contributed by atoms with Crippen LogP contribution in [0.5, 0.6) is 0 Å². The van der Waals surface area contributed by atoms with Crippen LogP contribution < -0.4 is 5.32 Å². The molecule has 0 spiro atoms. The van der Waals surface area contributed by atoms with Crippen molar-refractivity contribution in [1.29, 1.82) is 0 Å². The molecule has 0 radical (unpaired) electrons. The van der Waals surface area contributed by atoms with Crippen LogP contribution in [0.1, 0.15) is 32.2 Å². The van der Waals surface area contributed by atoms with E-state index in [0.29, 0.717) is 12.5 Å². The highest BCUT2D eigenvalue weighted by Gasteiger charge is 2.09. The van der Waals surface area contributed by atoms with Gasteiger partial charge in [0, 0.05) is 5.56 Å². The Kier molecular flexibility index (Phi) is 4.74. The summed E-state index contributed by atoms with van der Waals surface area (Å²) in [7, 11) is 0. The van der Waals surface area contributed by atoms with Crippen molar-refractivity contribution < 1.29 is 4.42 Å². The molecule has 102 valence electrons. The van der Waals surface area contributed by atoms with Crippen LogP contribution in [-0.2, 0) is 13.0 Å². The van der Waals surface area contributed by atoms with Gasteiger partial charge < -0.3 is 9.73 Å². The van der Waals surface area contributed by atoms with E-state index in [1.54, 1.807) is 0 Å². The zero-order chi connectivity index (χ0) is 13.7. The molecule has 1 heterocycles. The molecule has 0 aliphatic heterocycles. The van der Waals surface area contributed by atoms with Crippen molar-refractivity contribution in [3.05, 3.63) is 41.9 Å². The number of nitrogens with zero attached hydrogens (tertiary/aromatic N) is 1. The Balaban J connectivity index is 2.08. The summed E-state index contributed by atoms with van der Waals surface area (Å²) >= 11 is 0. The van der Waals surface area contributed by atoms with Gasteiger partial charge in [0.05, 0.1) is 12.7 Å². The Morgan fingerprint density at radius 2 is 2.05 bits per heavy atom. The van der Waals surface area contributed by atoms with Crippen molar-refractivity contribution >= 4 is 0 Å². The van der Waals surface area contributed by atoms with Crippen molar-refractivity contribution in [3.63, 3.8) is 0 Å². The summed E-state index contributed by atoms with van der Waals surface area (Å²) in [6.07, 6.45) is 2.82. The topological polar surface area (TPSA) is 38.1 Å². The smallest absolute Gasteiger partial charge is 0.208 e. The molecule has 1 aromatic carbocycles. The molecule has 2 aromatic rings. The fourth-order valence-corrected chi connectivity index (χ4v) is 2.05. The lowest BCUT2D eigenvalue weighted by Crippen LogP contribution is -2.18. The normalized spacial score (nSPS) is 11.2. The van der Waals surface area contributed by atoms with Crippen molar-refractivity contribution in [2.24, 2.45) is 5.92 Å². The molecule has 0 unspecified atom stereocenters. The van der Waals surface area contributed by atoms with Gasteiger partial charge in [-0.1, -0.05) is 45.0 Å². The van der Waals surface area contributed by atoms with E-state index < -0.39 is 0 Å². The second-order valence-corrected chi connectivity index (χ2v) is 5.15. The van der Waals surface area contributed by atoms with E-state index in [2.05, 4.69) is 49.3 Å². The Hall–Kier alpha value is -1.61. The van der Waals surface area contributed by atoms with Crippen LogP contribution >= 0.6 is 0 Å². The van der Waals surface area contributed by atoms with Gasteiger partial charge in [-0.05, 0) is 24.4 Å². The van der Waals surface area contributed by atoms with Crippen LogP contribution in [0.3, 0.4) is 0 Å². The molecular formula is C16H22N2O. The molecular weight excluding hydrogens is 236 g/mol. The number of rotatable bonds is 6. The summed E-state index contributed by atoms with van der Waals surface area (Å²) in [5.41, 5.74) is 2.44. The number of hydrogen-bond acceptors (Lipinski definition) is 3. The first-order valence-electron chi connectivity index (χ1n) is 6.94. The van der Waals surface area contributed by atoms with Crippen LogP contribution in [0.25, 0.3) is 11.3 Å². The second-order valence-electron chi connectivity index (χ2n) is 5.15. The first-order chi connectivity index (χ1) is 9.20. The fourth-order valence-electron chi connectivity index (χ4n) is 2.05. The first-order valence-corrected chi connectivity index (χ1v) is 6.94. The van der Waals surface area contributed by atoms with Gasteiger partial charge in [-0.3, -0.25) is 0 Å². The summed E-state index contributed by atoms with van der Waals surface area (Å²) in [5, 5.41) is 3.34. The van der Waals surface area contributed by atoms with Crippen LogP contribution in [0.2, 0.25) is 0 Å². The van der Waals surface area contributed by atoms with Gasteiger partial charge in [-0.2, -0.15) is 0 Å². The number of aryl methyl sites for hydroxylation is 1. The molecule has 1 aromatic heterocycles. The van der Waals surface area contributed by atoms with Crippen LogP contribution in [-0.4, -0.2) is 11.5 Å². The third kappa shape index (κ3) is 3.67. The largest absolute Gasteiger partial charge is 0.439 e. The van der Waals surface area contributed by atoms with Gasteiger partial charge >= 0.3 is 0 Å². The van der Waals surface area contributed by atoms with E-state index in [1.807, 2.05) is 12.3 Å². The molecule has 3 nitrogen and oxygen atoms in total. The van der Waals surface area contributed by atoms with Crippen molar-refractivity contribution in [1.82, 2.24) is 10.3 Å². The Bertz CT molecular complexity index is 517. The monoisotopic (exact) mass is 258 g/mol. The van der Waals surface area contributed by atoms with E-state index in [0.717, 1.165) is 30.2 Å². The average molecular weight is 258 g/mol. The third-order valence-corrected chi connectivity index (χ3v) is 3.05. The molecule has 0 atom stereocenters. The predicted octanol–water partition coefficient (Wildman–Crippen LogP) is 3.65. The van der Waals surface area contributed by atoms with Gasteiger partial charge in [-0.25, -0.2) is 4.98 Å². The summed E-state index contributed by atoms with van der Waals surface area (Å²) in [6.45, 7) is 8.19. The molecule has 1 N–H and O–H groups in total. The van der Waals surface area contributed by atoms with E-state index in [9.17, 15) is 0 Å². The minimum atomic E-state index is 0.634. The van der Waals surface area contributed by atoms with E-state index in [-0.39, 0.29) is 0 Å². The molecule has 0 fully saturated rings.